The lowest BCUT2D eigenvalue weighted by Crippen LogP contribution is -2.09. The van der Waals surface area contributed by atoms with Crippen molar-refractivity contribution in [3.8, 4) is 0 Å². The molecule has 0 saturated heterocycles. The van der Waals surface area contributed by atoms with E-state index in [1.54, 1.807) is 7.11 Å². The lowest BCUT2D eigenvalue weighted by atomic mass is 10.0. The fourth-order valence-corrected chi connectivity index (χ4v) is 1.76. The lowest BCUT2D eigenvalue weighted by Gasteiger charge is -2.14. The van der Waals surface area contributed by atoms with Gasteiger partial charge in [-0.2, -0.15) is 0 Å². The molecule has 1 aromatic rings. The van der Waals surface area contributed by atoms with Crippen molar-refractivity contribution in [1.29, 1.82) is 0 Å². The highest BCUT2D eigenvalue weighted by molar-refractivity contribution is 5.24. The van der Waals surface area contributed by atoms with E-state index in [1.165, 1.54) is 17.5 Å². The summed E-state index contributed by atoms with van der Waals surface area (Å²) in [7, 11) is 1.74. The third-order valence-electron chi connectivity index (χ3n) is 2.60. The van der Waals surface area contributed by atoms with E-state index in [0.717, 1.165) is 12.8 Å². The molecule has 1 unspecified atom stereocenters. The summed E-state index contributed by atoms with van der Waals surface area (Å²) in [6.45, 7) is 2.86. The van der Waals surface area contributed by atoms with Gasteiger partial charge in [0.05, 0.1) is 6.10 Å². The third-order valence-corrected chi connectivity index (χ3v) is 2.60. The van der Waals surface area contributed by atoms with Crippen LogP contribution in [0.25, 0.3) is 0 Å². The van der Waals surface area contributed by atoms with Gasteiger partial charge >= 0.3 is 0 Å². The summed E-state index contributed by atoms with van der Waals surface area (Å²) in [5, 5.41) is 0. The number of benzene rings is 1. The molecule has 0 spiro atoms. The number of nitrogens with two attached hydrogens (primary N) is 1. The number of aryl methyl sites for hydroxylation is 1. The van der Waals surface area contributed by atoms with E-state index in [0.29, 0.717) is 6.54 Å². The van der Waals surface area contributed by atoms with Gasteiger partial charge in [-0.05, 0) is 30.5 Å². The summed E-state index contributed by atoms with van der Waals surface area (Å²) in [6.07, 6.45) is 3.36. The van der Waals surface area contributed by atoms with Crippen LogP contribution in [-0.2, 0) is 11.2 Å². The average molecular weight is 207 g/mol. The van der Waals surface area contributed by atoms with Gasteiger partial charge in [0.15, 0.2) is 0 Å². The summed E-state index contributed by atoms with van der Waals surface area (Å²) in [6, 6.07) is 8.66. The number of ether oxygens (including phenoxy) is 1. The molecule has 0 fully saturated rings. The second-order valence-corrected chi connectivity index (χ2v) is 3.79. The van der Waals surface area contributed by atoms with Crippen molar-refractivity contribution in [2.24, 2.45) is 5.73 Å². The minimum atomic E-state index is 0.144. The predicted octanol–water partition coefficient (Wildman–Crippen LogP) is 2.68. The van der Waals surface area contributed by atoms with Crippen molar-refractivity contribution >= 4 is 0 Å². The Hall–Kier alpha value is -0.860. The van der Waals surface area contributed by atoms with Gasteiger partial charge in [0.25, 0.3) is 0 Å². The van der Waals surface area contributed by atoms with Gasteiger partial charge in [-0.3, -0.25) is 0 Å². The zero-order valence-electron chi connectivity index (χ0n) is 9.70. The molecule has 1 rings (SSSR count). The first-order valence-corrected chi connectivity index (χ1v) is 5.63. The SMILES string of the molecule is CCCc1ccc(C(CCN)OC)cc1. The minimum absolute atomic E-state index is 0.144. The summed E-state index contributed by atoms with van der Waals surface area (Å²) < 4.78 is 5.40. The molecular weight excluding hydrogens is 186 g/mol. The molecule has 0 radical (unpaired) electrons. The second-order valence-electron chi connectivity index (χ2n) is 3.79. The normalized spacial score (nSPS) is 12.7. The zero-order valence-corrected chi connectivity index (χ0v) is 9.70. The molecule has 84 valence electrons. The van der Waals surface area contributed by atoms with Gasteiger partial charge in [-0.1, -0.05) is 37.6 Å². The smallest absolute Gasteiger partial charge is 0.0833 e. The topological polar surface area (TPSA) is 35.2 Å². The summed E-state index contributed by atoms with van der Waals surface area (Å²) in [4.78, 5) is 0. The molecule has 0 aromatic heterocycles. The average Bonchev–Trinajstić information content (AvgIpc) is 2.28. The lowest BCUT2D eigenvalue weighted by molar-refractivity contribution is 0.0978. The Kier molecular flexibility index (Phi) is 5.37. The van der Waals surface area contributed by atoms with E-state index < -0.39 is 0 Å². The molecule has 0 saturated carbocycles. The van der Waals surface area contributed by atoms with Crippen LogP contribution in [0.3, 0.4) is 0 Å². The molecule has 15 heavy (non-hydrogen) atoms. The maximum atomic E-state index is 5.54. The van der Waals surface area contributed by atoms with Crippen LogP contribution in [-0.4, -0.2) is 13.7 Å². The van der Waals surface area contributed by atoms with Gasteiger partial charge in [-0.25, -0.2) is 0 Å². The molecule has 1 atom stereocenters. The largest absolute Gasteiger partial charge is 0.377 e. The van der Waals surface area contributed by atoms with Crippen molar-refractivity contribution in [3.63, 3.8) is 0 Å². The van der Waals surface area contributed by atoms with Crippen LogP contribution >= 0.6 is 0 Å². The van der Waals surface area contributed by atoms with Crippen molar-refractivity contribution in [3.05, 3.63) is 35.4 Å². The highest BCUT2D eigenvalue weighted by Crippen LogP contribution is 2.20. The first-order valence-electron chi connectivity index (χ1n) is 5.63. The maximum absolute atomic E-state index is 5.54. The van der Waals surface area contributed by atoms with Crippen molar-refractivity contribution in [1.82, 2.24) is 0 Å². The molecule has 0 aliphatic rings. The van der Waals surface area contributed by atoms with Gasteiger partial charge in [-0.15, -0.1) is 0 Å². The van der Waals surface area contributed by atoms with Crippen LogP contribution < -0.4 is 5.73 Å². The van der Waals surface area contributed by atoms with E-state index in [1.807, 2.05) is 0 Å². The van der Waals surface area contributed by atoms with Gasteiger partial charge in [0, 0.05) is 7.11 Å². The molecule has 2 N–H and O–H groups in total. The summed E-state index contributed by atoms with van der Waals surface area (Å²) in [5.41, 5.74) is 8.16. The molecule has 2 heteroatoms. The first kappa shape index (κ1) is 12.2. The Labute approximate surface area is 92.4 Å². The van der Waals surface area contributed by atoms with Crippen LogP contribution in [0, 0.1) is 0 Å². The van der Waals surface area contributed by atoms with Gasteiger partial charge in [0.1, 0.15) is 0 Å². The van der Waals surface area contributed by atoms with Crippen LogP contribution in [0.15, 0.2) is 24.3 Å². The van der Waals surface area contributed by atoms with Crippen LogP contribution in [0.1, 0.15) is 37.0 Å². The molecule has 0 aliphatic heterocycles. The van der Waals surface area contributed by atoms with Crippen LogP contribution in [0.4, 0.5) is 0 Å². The maximum Gasteiger partial charge on any atom is 0.0833 e. The zero-order chi connectivity index (χ0) is 11.1. The van der Waals surface area contributed by atoms with Gasteiger partial charge < -0.3 is 10.5 Å². The van der Waals surface area contributed by atoms with Crippen molar-refractivity contribution in [2.45, 2.75) is 32.3 Å². The Morgan fingerprint density at radius 3 is 2.40 bits per heavy atom. The van der Waals surface area contributed by atoms with Crippen molar-refractivity contribution < 1.29 is 4.74 Å². The number of hydrogen-bond donors (Lipinski definition) is 1. The Bertz CT molecular complexity index is 268. The van der Waals surface area contributed by atoms with Gasteiger partial charge in [0.2, 0.25) is 0 Å². The van der Waals surface area contributed by atoms with E-state index >= 15 is 0 Å². The Morgan fingerprint density at radius 2 is 1.93 bits per heavy atom. The Morgan fingerprint density at radius 1 is 1.27 bits per heavy atom. The summed E-state index contributed by atoms with van der Waals surface area (Å²) >= 11 is 0. The molecule has 0 heterocycles. The minimum Gasteiger partial charge on any atom is -0.377 e. The fraction of sp³-hybridized carbons (Fsp3) is 0.538. The quantitative estimate of drug-likeness (QED) is 0.778. The standard InChI is InChI=1S/C13H21NO/c1-3-4-11-5-7-12(8-6-11)13(15-2)9-10-14/h5-8,13H,3-4,9-10,14H2,1-2H3. The fourth-order valence-electron chi connectivity index (χ4n) is 1.76. The highest BCUT2D eigenvalue weighted by Gasteiger charge is 2.08. The predicted molar refractivity (Wildman–Crippen MR) is 63.9 cm³/mol. The number of methoxy groups -OCH3 is 1. The van der Waals surface area contributed by atoms with Crippen LogP contribution in [0.2, 0.25) is 0 Å². The van der Waals surface area contributed by atoms with E-state index in [2.05, 4.69) is 31.2 Å². The summed E-state index contributed by atoms with van der Waals surface area (Å²) in [5.74, 6) is 0. The van der Waals surface area contributed by atoms with Crippen molar-refractivity contribution in [2.75, 3.05) is 13.7 Å². The number of rotatable bonds is 6. The molecule has 0 aliphatic carbocycles. The molecule has 0 bridgehead atoms. The molecular formula is C13H21NO. The van der Waals surface area contributed by atoms with E-state index in [-0.39, 0.29) is 6.10 Å². The van der Waals surface area contributed by atoms with E-state index in [9.17, 15) is 0 Å². The molecule has 1 aromatic carbocycles. The highest BCUT2D eigenvalue weighted by atomic mass is 16.5. The molecule has 0 amide bonds. The second kappa shape index (κ2) is 6.59. The number of hydrogen-bond acceptors (Lipinski definition) is 2. The van der Waals surface area contributed by atoms with Crippen LogP contribution in [0.5, 0.6) is 0 Å². The van der Waals surface area contributed by atoms with E-state index in [4.69, 9.17) is 10.5 Å². The third kappa shape index (κ3) is 3.65. The first-order chi connectivity index (χ1) is 7.31. The monoisotopic (exact) mass is 207 g/mol. The Balaban J connectivity index is 2.68. The molecule has 2 nitrogen and oxygen atoms in total.